The van der Waals surface area contributed by atoms with Crippen molar-refractivity contribution in [3.8, 4) is 11.5 Å². The molecule has 1 fully saturated rings. The number of carbonyl (C=O) groups excluding carboxylic acids is 1. The number of aromatic nitrogens is 2. The molecular weight excluding hydrogens is 421 g/mol. The number of amides is 1. The quantitative estimate of drug-likeness (QED) is 0.572. The molecule has 2 N–H and O–H groups in total. The van der Waals surface area contributed by atoms with E-state index in [1.165, 1.54) is 6.07 Å². The van der Waals surface area contributed by atoms with Crippen molar-refractivity contribution in [1.29, 1.82) is 0 Å². The molecule has 33 heavy (non-hydrogen) atoms. The standard InChI is InChI=1S/C26H28FN3O3/c1-16-14-23(30-29-16)26(31)28-18-7-9-19(10-8-18)32-20-11-13-24-17(15-20)6-12-25(33-24)21-4-2-3-5-22(21)27/h2-5,11,13-15,18-19,25H,6-10,12H2,1H3,(H,28,31)(H,29,30)/t18-,19-,25?. The second-order valence-corrected chi connectivity index (χ2v) is 8.94. The minimum atomic E-state index is -0.263. The van der Waals surface area contributed by atoms with Gasteiger partial charge in [-0.25, -0.2) is 4.39 Å². The van der Waals surface area contributed by atoms with E-state index in [1.54, 1.807) is 18.2 Å². The Bertz CT molecular complexity index is 1140. The Morgan fingerprint density at radius 2 is 1.94 bits per heavy atom. The maximum absolute atomic E-state index is 14.1. The van der Waals surface area contributed by atoms with E-state index in [4.69, 9.17) is 9.47 Å². The van der Waals surface area contributed by atoms with Crippen LogP contribution < -0.4 is 14.8 Å². The van der Waals surface area contributed by atoms with Crippen LogP contribution in [0.3, 0.4) is 0 Å². The predicted molar refractivity (Wildman–Crippen MR) is 122 cm³/mol. The highest BCUT2D eigenvalue weighted by molar-refractivity contribution is 5.92. The second kappa shape index (κ2) is 9.25. The molecule has 1 aromatic heterocycles. The minimum absolute atomic E-state index is 0.125. The van der Waals surface area contributed by atoms with Gasteiger partial charge in [0.2, 0.25) is 0 Å². The van der Waals surface area contributed by atoms with Crippen molar-refractivity contribution in [2.24, 2.45) is 0 Å². The third-order valence-corrected chi connectivity index (χ3v) is 6.48. The van der Waals surface area contributed by atoms with Crippen molar-refractivity contribution in [1.82, 2.24) is 15.5 Å². The Kier molecular flexibility index (Phi) is 6.03. The van der Waals surface area contributed by atoms with E-state index in [1.807, 2.05) is 31.2 Å². The lowest BCUT2D eigenvalue weighted by Crippen LogP contribution is -2.39. The molecule has 2 aliphatic rings. The van der Waals surface area contributed by atoms with Crippen LogP contribution in [0.5, 0.6) is 11.5 Å². The molecule has 2 aromatic carbocycles. The smallest absolute Gasteiger partial charge is 0.271 e. The first kappa shape index (κ1) is 21.5. The minimum Gasteiger partial charge on any atom is -0.490 e. The van der Waals surface area contributed by atoms with Crippen molar-refractivity contribution in [3.63, 3.8) is 0 Å². The van der Waals surface area contributed by atoms with Crippen LogP contribution in [-0.2, 0) is 6.42 Å². The van der Waals surface area contributed by atoms with Gasteiger partial charge >= 0.3 is 0 Å². The van der Waals surface area contributed by atoms with Crippen LogP contribution in [0.2, 0.25) is 0 Å². The molecule has 1 saturated carbocycles. The van der Waals surface area contributed by atoms with Gasteiger partial charge in [-0.05, 0) is 81.3 Å². The van der Waals surface area contributed by atoms with Crippen molar-refractivity contribution in [2.45, 2.75) is 63.7 Å². The van der Waals surface area contributed by atoms with Crippen LogP contribution in [0.1, 0.15) is 65.5 Å². The number of hydrogen-bond acceptors (Lipinski definition) is 4. The largest absolute Gasteiger partial charge is 0.490 e. The number of aromatic amines is 1. The van der Waals surface area contributed by atoms with Crippen molar-refractivity contribution >= 4 is 5.91 Å². The van der Waals surface area contributed by atoms with E-state index in [0.29, 0.717) is 11.3 Å². The maximum atomic E-state index is 14.1. The number of fused-ring (bicyclic) bond motifs is 1. The summed E-state index contributed by atoms with van der Waals surface area (Å²) in [7, 11) is 0. The van der Waals surface area contributed by atoms with Crippen LogP contribution in [0, 0.1) is 12.7 Å². The van der Waals surface area contributed by atoms with Gasteiger partial charge in [-0.3, -0.25) is 9.89 Å². The first-order chi connectivity index (χ1) is 16.0. The Balaban J connectivity index is 1.14. The Hall–Kier alpha value is -3.35. The molecule has 0 radical (unpaired) electrons. The van der Waals surface area contributed by atoms with E-state index >= 15 is 0 Å². The fourth-order valence-corrected chi connectivity index (χ4v) is 4.70. The third kappa shape index (κ3) is 4.87. The number of nitrogens with one attached hydrogen (secondary N) is 2. The summed E-state index contributed by atoms with van der Waals surface area (Å²) in [5.41, 5.74) is 3.00. The van der Waals surface area contributed by atoms with E-state index < -0.39 is 0 Å². The SMILES string of the molecule is Cc1cc(C(=O)N[C@H]2CC[C@H](Oc3ccc4c(c3)CCC(c3ccccc3F)O4)CC2)n[nH]1. The van der Waals surface area contributed by atoms with Gasteiger partial charge < -0.3 is 14.8 Å². The zero-order valence-electron chi connectivity index (χ0n) is 18.6. The monoisotopic (exact) mass is 449 g/mol. The van der Waals surface area contributed by atoms with Gasteiger partial charge in [0.05, 0.1) is 6.10 Å². The summed E-state index contributed by atoms with van der Waals surface area (Å²) in [6.45, 7) is 1.88. The number of benzene rings is 2. The molecule has 0 bridgehead atoms. The second-order valence-electron chi connectivity index (χ2n) is 8.94. The van der Waals surface area contributed by atoms with Crippen LogP contribution >= 0.6 is 0 Å². The van der Waals surface area contributed by atoms with Crippen LogP contribution in [-0.4, -0.2) is 28.3 Å². The molecule has 2 heterocycles. The molecule has 172 valence electrons. The van der Waals surface area contributed by atoms with Gasteiger partial charge in [0.15, 0.2) is 0 Å². The van der Waals surface area contributed by atoms with Crippen LogP contribution in [0.15, 0.2) is 48.5 Å². The van der Waals surface area contributed by atoms with Gasteiger partial charge in [-0.2, -0.15) is 5.10 Å². The first-order valence-electron chi connectivity index (χ1n) is 11.6. The van der Waals surface area contributed by atoms with Gasteiger partial charge in [0.1, 0.15) is 29.1 Å². The molecule has 1 aliphatic carbocycles. The zero-order chi connectivity index (χ0) is 22.8. The third-order valence-electron chi connectivity index (χ3n) is 6.48. The molecular formula is C26H28FN3O3. The summed E-state index contributed by atoms with van der Waals surface area (Å²) >= 11 is 0. The lowest BCUT2D eigenvalue weighted by atomic mass is 9.92. The normalized spacial score (nSPS) is 22.2. The first-order valence-corrected chi connectivity index (χ1v) is 11.6. The van der Waals surface area contributed by atoms with Crippen LogP contribution in [0.25, 0.3) is 0 Å². The number of hydrogen-bond donors (Lipinski definition) is 2. The maximum Gasteiger partial charge on any atom is 0.271 e. The number of aryl methyl sites for hydroxylation is 2. The lowest BCUT2D eigenvalue weighted by Gasteiger charge is -2.30. The molecule has 1 aliphatic heterocycles. The topological polar surface area (TPSA) is 76.2 Å². The van der Waals surface area contributed by atoms with E-state index in [0.717, 1.165) is 61.3 Å². The molecule has 1 unspecified atom stereocenters. The average Bonchev–Trinajstić information content (AvgIpc) is 3.27. The number of carbonyl (C=O) groups is 1. The highest BCUT2D eigenvalue weighted by Crippen LogP contribution is 2.38. The number of halogens is 1. The fraction of sp³-hybridized carbons (Fsp3) is 0.385. The highest BCUT2D eigenvalue weighted by Gasteiger charge is 2.26. The zero-order valence-corrected chi connectivity index (χ0v) is 18.6. The summed E-state index contributed by atoms with van der Waals surface area (Å²) in [6, 6.07) is 14.6. The molecule has 6 nitrogen and oxygen atoms in total. The summed E-state index contributed by atoms with van der Waals surface area (Å²) in [4.78, 5) is 12.3. The Morgan fingerprint density at radius 3 is 2.70 bits per heavy atom. The molecule has 1 atom stereocenters. The summed E-state index contributed by atoms with van der Waals surface area (Å²) in [5, 5.41) is 9.90. The summed E-state index contributed by atoms with van der Waals surface area (Å²) in [6.07, 6.45) is 4.92. The Morgan fingerprint density at radius 1 is 1.12 bits per heavy atom. The van der Waals surface area contributed by atoms with Crippen molar-refractivity contribution in [3.05, 3.63) is 76.9 Å². The molecule has 1 amide bonds. The molecule has 0 saturated heterocycles. The van der Waals surface area contributed by atoms with Gasteiger partial charge in [-0.15, -0.1) is 0 Å². The van der Waals surface area contributed by atoms with E-state index in [2.05, 4.69) is 15.5 Å². The molecule has 7 heteroatoms. The van der Waals surface area contributed by atoms with Gasteiger partial charge in [0, 0.05) is 17.3 Å². The van der Waals surface area contributed by atoms with Gasteiger partial charge in [0.25, 0.3) is 5.91 Å². The molecule has 5 rings (SSSR count). The number of nitrogens with zero attached hydrogens (tertiary/aromatic N) is 1. The molecule has 3 aromatic rings. The summed E-state index contributed by atoms with van der Waals surface area (Å²) < 4.78 is 26.5. The number of ether oxygens (including phenoxy) is 2. The van der Waals surface area contributed by atoms with E-state index in [9.17, 15) is 9.18 Å². The van der Waals surface area contributed by atoms with Crippen molar-refractivity contribution in [2.75, 3.05) is 0 Å². The fourth-order valence-electron chi connectivity index (χ4n) is 4.70. The number of H-pyrrole nitrogens is 1. The average molecular weight is 450 g/mol. The van der Waals surface area contributed by atoms with Crippen LogP contribution in [0.4, 0.5) is 4.39 Å². The van der Waals surface area contributed by atoms with Gasteiger partial charge in [-0.1, -0.05) is 18.2 Å². The molecule has 0 spiro atoms. The van der Waals surface area contributed by atoms with E-state index in [-0.39, 0.29) is 30.0 Å². The predicted octanol–water partition coefficient (Wildman–Crippen LogP) is 5.04. The number of rotatable bonds is 5. The van der Waals surface area contributed by atoms with Crippen molar-refractivity contribution < 1.29 is 18.7 Å². The highest BCUT2D eigenvalue weighted by atomic mass is 19.1. The summed E-state index contributed by atoms with van der Waals surface area (Å²) in [5.74, 6) is 1.27. The lowest BCUT2D eigenvalue weighted by molar-refractivity contribution is 0.0888. The Labute approximate surface area is 192 Å².